The molecule has 2 aliphatic rings. The third-order valence-electron chi connectivity index (χ3n) is 5.30. The molecule has 0 aliphatic carbocycles. The molecule has 2 fully saturated rings. The quantitative estimate of drug-likeness (QED) is 0.722. The fraction of sp³-hybridized carbons (Fsp3) is 0.579. The van der Waals surface area contributed by atoms with Crippen LogP contribution in [0.4, 0.5) is 0 Å². The molecular formula is C19H25BrClN3O2. The maximum atomic E-state index is 12.7. The summed E-state index contributed by atoms with van der Waals surface area (Å²) in [5, 5.41) is 0.467. The molecule has 0 radical (unpaired) electrons. The Morgan fingerprint density at radius 2 is 1.88 bits per heavy atom. The molecule has 0 bridgehead atoms. The van der Waals surface area contributed by atoms with Crippen molar-refractivity contribution in [3.05, 3.63) is 33.3 Å². The lowest BCUT2D eigenvalue weighted by Crippen LogP contribution is -2.53. The molecule has 0 spiro atoms. The van der Waals surface area contributed by atoms with Gasteiger partial charge in [-0.05, 0) is 44.4 Å². The van der Waals surface area contributed by atoms with E-state index < -0.39 is 0 Å². The molecular weight excluding hydrogens is 418 g/mol. The van der Waals surface area contributed by atoms with Crippen LogP contribution in [0.5, 0.6) is 0 Å². The van der Waals surface area contributed by atoms with Gasteiger partial charge in [-0.2, -0.15) is 0 Å². The van der Waals surface area contributed by atoms with Crippen molar-refractivity contribution in [2.24, 2.45) is 0 Å². The molecule has 3 rings (SSSR count). The van der Waals surface area contributed by atoms with Gasteiger partial charge in [0.05, 0.1) is 17.1 Å². The average molecular weight is 443 g/mol. The molecule has 2 amide bonds. The van der Waals surface area contributed by atoms with Gasteiger partial charge in [0, 0.05) is 43.2 Å². The van der Waals surface area contributed by atoms with Crippen LogP contribution in [0, 0.1) is 0 Å². The fourth-order valence-corrected chi connectivity index (χ4v) is 4.25. The van der Waals surface area contributed by atoms with Gasteiger partial charge in [-0.3, -0.25) is 14.5 Å². The fourth-order valence-electron chi connectivity index (χ4n) is 3.69. The van der Waals surface area contributed by atoms with Gasteiger partial charge in [0.25, 0.3) is 5.91 Å². The van der Waals surface area contributed by atoms with Gasteiger partial charge in [-0.1, -0.05) is 27.5 Å². The predicted molar refractivity (Wildman–Crippen MR) is 107 cm³/mol. The van der Waals surface area contributed by atoms with E-state index in [1.54, 1.807) is 12.1 Å². The SMILES string of the molecule is C[C@H]1CCCCN1C(=O)CN1CCN(C(=O)c2cc(Br)ccc2Cl)CC1. The van der Waals surface area contributed by atoms with Crippen molar-refractivity contribution in [2.45, 2.75) is 32.2 Å². The van der Waals surface area contributed by atoms with Crippen molar-refractivity contribution in [1.82, 2.24) is 14.7 Å². The first kappa shape index (κ1) is 19.6. The highest BCUT2D eigenvalue weighted by Gasteiger charge is 2.28. The van der Waals surface area contributed by atoms with Crippen LogP contribution in [-0.4, -0.2) is 71.8 Å². The molecule has 2 heterocycles. The van der Waals surface area contributed by atoms with Gasteiger partial charge >= 0.3 is 0 Å². The van der Waals surface area contributed by atoms with Crippen LogP contribution in [0.15, 0.2) is 22.7 Å². The zero-order valence-corrected chi connectivity index (χ0v) is 17.4. The minimum Gasteiger partial charge on any atom is -0.339 e. The number of carbonyl (C=O) groups is 2. The number of halogens is 2. The molecule has 5 nitrogen and oxygen atoms in total. The van der Waals surface area contributed by atoms with Gasteiger partial charge in [-0.15, -0.1) is 0 Å². The zero-order valence-electron chi connectivity index (χ0n) is 15.1. The van der Waals surface area contributed by atoms with Crippen LogP contribution < -0.4 is 0 Å². The summed E-state index contributed by atoms with van der Waals surface area (Å²) in [6, 6.07) is 5.66. The van der Waals surface area contributed by atoms with E-state index in [9.17, 15) is 9.59 Å². The summed E-state index contributed by atoms with van der Waals surface area (Å²) >= 11 is 9.57. The molecule has 2 saturated heterocycles. The lowest BCUT2D eigenvalue weighted by atomic mass is 10.0. The highest BCUT2D eigenvalue weighted by Crippen LogP contribution is 2.23. The molecule has 1 aromatic rings. The molecule has 1 atom stereocenters. The molecule has 0 aromatic heterocycles. The standard InChI is InChI=1S/C19H25BrClN3O2/c1-14-4-2-3-7-24(14)18(25)13-22-8-10-23(11-9-22)19(26)16-12-15(20)5-6-17(16)21/h5-6,12,14H,2-4,7-11,13H2,1H3/t14-/m0/s1. The topological polar surface area (TPSA) is 43.9 Å². The normalized spacial score (nSPS) is 21.7. The van der Waals surface area contributed by atoms with Crippen molar-refractivity contribution in [2.75, 3.05) is 39.3 Å². The summed E-state index contributed by atoms with van der Waals surface area (Å²) in [5.41, 5.74) is 0.521. The minimum absolute atomic E-state index is 0.0491. The lowest BCUT2D eigenvalue weighted by Gasteiger charge is -2.38. The van der Waals surface area contributed by atoms with E-state index in [-0.39, 0.29) is 11.8 Å². The Bertz CT molecular complexity index is 677. The van der Waals surface area contributed by atoms with E-state index in [1.807, 2.05) is 15.9 Å². The summed E-state index contributed by atoms with van der Waals surface area (Å²) < 4.78 is 0.838. The zero-order chi connectivity index (χ0) is 18.7. The number of amides is 2. The maximum absolute atomic E-state index is 12.7. The summed E-state index contributed by atoms with van der Waals surface area (Å²) in [6.07, 6.45) is 3.41. The van der Waals surface area contributed by atoms with Crippen LogP contribution in [0.25, 0.3) is 0 Å². The van der Waals surface area contributed by atoms with Gasteiger partial charge in [0.15, 0.2) is 0 Å². The van der Waals surface area contributed by atoms with Gasteiger partial charge < -0.3 is 9.80 Å². The molecule has 1 aromatic carbocycles. The predicted octanol–water partition coefficient (Wildman–Crippen LogP) is 3.26. The van der Waals surface area contributed by atoms with Crippen molar-refractivity contribution in [3.8, 4) is 0 Å². The summed E-state index contributed by atoms with van der Waals surface area (Å²) in [6.45, 7) is 6.12. The number of piperazine rings is 1. The van der Waals surface area contributed by atoms with Crippen LogP contribution in [0.3, 0.4) is 0 Å². The number of nitrogens with zero attached hydrogens (tertiary/aromatic N) is 3. The number of rotatable bonds is 3. The molecule has 142 valence electrons. The largest absolute Gasteiger partial charge is 0.339 e. The summed E-state index contributed by atoms with van der Waals surface area (Å²) in [4.78, 5) is 31.3. The summed E-state index contributed by atoms with van der Waals surface area (Å²) in [5.74, 6) is 0.166. The van der Waals surface area contributed by atoms with E-state index in [0.717, 1.165) is 23.9 Å². The van der Waals surface area contributed by atoms with Crippen molar-refractivity contribution in [3.63, 3.8) is 0 Å². The Balaban J connectivity index is 1.53. The van der Waals surface area contributed by atoms with Crippen LogP contribution >= 0.6 is 27.5 Å². The number of benzene rings is 1. The van der Waals surface area contributed by atoms with Crippen molar-refractivity contribution in [1.29, 1.82) is 0 Å². The summed E-state index contributed by atoms with van der Waals surface area (Å²) in [7, 11) is 0. The van der Waals surface area contributed by atoms with Crippen molar-refractivity contribution < 1.29 is 9.59 Å². The van der Waals surface area contributed by atoms with E-state index in [1.165, 1.54) is 6.42 Å². The second-order valence-corrected chi connectivity index (χ2v) is 8.45. The van der Waals surface area contributed by atoms with Crippen LogP contribution in [0.1, 0.15) is 36.5 Å². The van der Waals surface area contributed by atoms with E-state index >= 15 is 0 Å². The van der Waals surface area contributed by atoms with Gasteiger partial charge in [0.2, 0.25) is 5.91 Å². The number of piperidine rings is 1. The second-order valence-electron chi connectivity index (χ2n) is 7.12. The molecule has 26 heavy (non-hydrogen) atoms. The highest BCUT2D eigenvalue weighted by molar-refractivity contribution is 9.10. The molecule has 0 N–H and O–H groups in total. The van der Waals surface area contributed by atoms with Gasteiger partial charge in [0.1, 0.15) is 0 Å². The van der Waals surface area contributed by atoms with E-state index in [0.29, 0.717) is 49.4 Å². The average Bonchev–Trinajstić information content (AvgIpc) is 2.64. The van der Waals surface area contributed by atoms with Crippen molar-refractivity contribution >= 4 is 39.3 Å². The highest BCUT2D eigenvalue weighted by atomic mass is 79.9. The first-order chi connectivity index (χ1) is 12.5. The second kappa shape index (κ2) is 8.72. The molecule has 2 aliphatic heterocycles. The third kappa shape index (κ3) is 4.59. The minimum atomic E-state index is -0.0491. The Morgan fingerprint density at radius 1 is 1.15 bits per heavy atom. The first-order valence-corrected chi connectivity index (χ1v) is 10.4. The maximum Gasteiger partial charge on any atom is 0.255 e. The Hall–Kier alpha value is -1.11. The number of hydrogen-bond acceptors (Lipinski definition) is 3. The Morgan fingerprint density at radius 3 is 2.58 bits per heavy atom. The Kier molecular flexibility index (Phi) is 6.59. The smallest absolute Gasteiger partial charge is 0.255 e. The lowest BCUT2D eigenvalue weighted by molar-refractivity contribution is -0.136. The van der Waals surface area contributed by atoms with Crippen LogP contribution in [0.2, 0.25) is 5.02 Å². The number of likely N-dealkylation sites (tertiary alicyclic amines) is 1. The van der Waals surface area contributed by atoms with E-state index in [2.05, 4.69) is 27.8 Å². The molecule has 0 saturated carbocycles. The third-order valence-corrected chi connectivity index (χ3v) is 6.12. The first-order valence-electron chi connectivity index (χ1n) is 9.22. The Labute approximate surface area is 168 Å². The number of hydrogen-bond donors (Lipinski definition) is 0. The van der Waals surface area contributed by atoms with Gasteiger partial charge in [-0.25, -0.2) is 0 Å². The van der Waals surface area contributed by atoms with Crippen LogP contribution in [-0.2, 0) is 4.79 Å². The molecule has 0 unspecified atom stereocenters. The van der Waals surface area contributed by atoms with E-state index in [4.69, 9.17) is 11.6 Å². The molecule has 7 heteroatoms. The monoisotopic (exact) mass is 441 g/mol. The number of carbonyl (C=O) groups excluding carboxylic acids is 2.